The molecule has 3 saturated carbocycles. The van der Waals surface area contributed by atoms with Crippen molar-refractivity contribution in [3.05, 3.63) is 29.8 Å². The molecule has 174 valence electrons. The van der Waals surface area contributed by atoms with Crippen LogP contribution in [0.5, 0.6) is 0 Å². The predicted molar refractivity (Wildman–Crippen MR) is 124 cm³/mol. The number of ether oxygens (including phenoxy) is 1. The third-order valence-corrected chi connectivity index (χ3v) is 8.95. The number of likely N-dealkylation sites (tertiary alicyclic amines) is 1. The second kappa shape index (κ2) is 8.36. The zero-order chi connectivity index (χ0) is 22.5. The normalized spacial score (nSPS) is 31.7. The number of anilines is 1. The van der Waals surface area contributed by atoms with Gasteiger partial charge < -0.3 is 19.9 Å². The molecule has 1 aromatic carbocycles. The van der Waals surface area contributed by atoms with Crippen LogP contribution in [0.15, 0.2) is 24.3 Å². The molecule has 0 aromatic heterocycles. The molecule has 1 aromatic rings. The van der Waals surface area contributed by atoms with Crippen molar-refractivity contribution < 1.29 is 14.3 Å². The maximum Gasteiger partial charge on any atom is 0.408 e. The second-order valence-electron chi connectivity index (χ2n) is 10.8. The highest BCUT2D eigenvalue weighted by Gasteiger charge is 2.54. The first-order valence-electron chi connectivity index (χ1n) is 12.5. The van der Waals surface area contributed by atoms with Gasteiger partial charge in [0.1, 0.15) is 6.04 Å². The highest BCUT2D eigenvalue weighted by molar-refractivity contribution is 6.06. The summed E-state index contributed by atoms with van der Waals surface area (Å²) in [6, 6.07) is 7.37. The van der Waals surface area contributed by atoms with Gasteiger partial charge in [-0.3, -0.25) is 4.79 Å². The number of hydrogen-bond donors (Lipinski definition) is 1. The van der Waals surface area contributed by atoms with Gasteiger partial charge >= 0.3 is 6.09 Å². The largest absolute Gasteiger partial charge is 0.450 e. The van der Waals surface area contributed by atoms with Gasteiger partial charge in [0.15, 0.2) is 0 Å². The second-order valence-corrected chi connectivity index (χ2v) is 10.8. The van der Waals surface area contributed by atoms with Crippen molar-refractivity contribution in [3.8, 4) is 0 Å². The Morgan fingerprint density at radius 1 is 1.16 bits per heavy atom. The first-order chi connectivity index (χ1) is 15.4. The quantitative estimate of drug-likeness (QED) is 0.741. The lowest BCUT2D eigenvalue weighted by molar-refractivity contribution is -0.120. The summed E-state index contributed by atoms with van der Waals surface area (Å²) < 4.78 is 5.03. The van der Waals surface area contributed by atoms with E-state index in [0.717, 1.165) is 54.9 Å². The van der Waals surface area contributed by atoms with Gasteiger partial charge in [-0.15, -0.1) is 0 Å². The van der Waals surface area contributed by atoms with E-state index in [4.69, 9.17) is 4.74 Å². The molecular formula is C26H37N3O3. The Kier molecular flexibility index (Phi) is 5.68. The molecule has 1 saturated heterocycles. The molecule has 0 radical (unpaired) electrons. The molecule has 2 aliphatic heterocycles. The number of para-hydroxylation sites is 1. The number of amides is 2. The van der Waals surface area contributed by atoms with Gasteiger partial charge in [-0.2, -0.15) is 0 Å². The SMILES string of the molecule is CCOC(=O)NC1C(=O)N(C2CCN(C[C@@H]3CCC4CC3C4(C)C)CC2)c2ccccc21. The number of carbonyl (C=O) groups is 2. The van der Waals surface area contributed by atoms with Crippen molar-refractivity contribution in [2.75, 3.05) is 31.1 Å². The van der Waals surface area contributed by atoms with Gasteiger partial charge in [-0.1, -0.05) is 32.0 Å². The van der Waals surface area contributed by atoms with E-state index in [0.29, 0.717) is 5.41 Å². The van der Waals surface area contributed by atoms with E-state index in [2.05, 4.69) is 24.1 Å². The summed E-state index contributed by atoms with van der Waals surface area (Å²) in [5.41, 5.74) is 2.35. The number of piperidine rings is 1. The van der Waals surface area contributed by atoms with Crippen LogP contribution < -0.4 is 10.2 Å². The molecule has 2 amide bonds. The van der Waals surface area contributed by atoms with Crippen molar-refractivity contribution in [2.24, 2.45) is 23.2 Å². The molecule has 4 atom stereocenters. The van der Waals surface area contributed by atoms with E-state index >= 15 is 0 Å². The summed E-state index contributed by atoms with van der Waals surface area (Å²) in [6.07, 6.45) is 5.65. The molecule has 1 N–H and O–H groups in total. The number of nitrogens with one attached hydrogen (secondary N) is 1. The highest BCUT2D eigenvalue weighted by atomic mass is 16.5. The van der Waals surface area contributed by atoms with E-state index in [1.165, 1.54) is 25.8 Å². The zero-order valence-corrected chi connectivity index (χ0v) is 19.7. The molecule has 0 spiro atoms. The molecule has 6 nitrogen and oxygen atoms in total. The molecule has 6 rings (SSSR count). The van der Waals surface area contributed by atoms with Crippen LogP contribution in [0.1, 0.15) is 64.5 Å². The summed E-state index contributed by atoms with van der Waals surface area (Å²) >= 11 is 0. The van der Waals surface area contributed by atoms with Crippen molar-refractivity contribution in [2.45, 2.75) is 65.0 Å². The van der Waals surface area contributed by atoms with Crippen LogP contribution in [-0.4, -0.2) is 49.2 Å². The number of hydrogen-bond acceptors (Lipinski definition) is 4. The van der Waals surface area contributed by atoms with Crippen LogP contribution in [0, 0.1) is 23.2 Å². The molecule has 2 bridgehead atoms. The number of rotatable bonds is 5. The van der Waals surface area contributed by atoms with E-state index < -0.39 is 12.1 Å². The topological polar surface area (TPSA) is 61.9 Å². The van der Waals surface area contributed by atoms with Crippen LogP contribution in [0.25, 0.3) is 0 Å². The lowest BCUT2D eigenvalue weighted by atomic mass is 9.45. The van der Waals surface area contributed by atoms with Crippen LogP contribution in [-0.2, 0) is 9.53 Å². The van der Waals surface area contributed by atoms with Gasteiger partial charge in [0, 0.05) is 36.9 Å². The van der Waals surface area contributed by atoms with Gasteiger partial charge in [-0.25, -0.2) is 4.79 Å². The Morgan fingerprint density at radius 3 is 2.59 bits per heavy atom. The average Bonchev–Trinajstić information content (AvgIpc) is 3.06. The number of benzene rings is 1. The fourth-order valence-electron chi connectivity index (χ4n) is 7.02. The van der Waals surface area contributed by atoms with Crippen LogP contribution >= 0.6 is 0 Å². The summed E-state index contributed by atoms with van der Waals surface area (Å²) in [4.78, 5) is 30.0. The highest BCUT2D eigenvalue weighted by Crippen LogP contribution is 2.61. The predicted octanol–water partition coefficient (Wildman–Crippen LogP) is 4.36. The minimum atomic E-state index is -0.653. The maximum atomic E-state index is 13.4. The van der Waals surface area contributed by atoms with Gasteiger partial charge in [0.05, 0.1) is 6.61 Å². The monoisotopic (exact) mass is 439 g/mol. The average molecular weight is 440 g/mol. The first-order valence-corrected chi connectivity index (χ1v) is 12.5. The van der Waals surface area contributed by atoms with E-state index in [-0.39, 0.29) is 18.6 Å². The number of nitrogens with zero attached hydrogens (tertiary/aromatic N) is 2. The maximum absolute atomic E-state index is 13.4. The minimum absolute atomic E-state index is 0.0350. The molecule has 2 heterocycles. The Hall–Kier alpha value is -2.08. The fourth-order valence-corrected chi connectivity index (χ4v) is 7.02. The summed E-state index contributed by atoms with van der Waals surface area (Å²) in [5, 5.41) is 2.77. The lowest BCUT2D eigenvalue weighted by Gasteiger charge is -2.61. The Bertz CT molecular complexity index is 875. The molecule has 32 heavy (non-hydrogen) atoms. The van der Waals surface area contributed by atoms with Gasteiger partial charge in [-0.05, 0) is 68.3 Å². The Balaban J connectivity index is 1.22. The van der Waals surface area contributed by atoms with E-state index in [9.17, 15) is 9.59 Å². The number of fused-ring (bicyclic) bond motifs is 3. The number of alkyl carbamates (subject to hydrolysis) is 1. The van der Waals surface area contributed by atoms with Gasteiger partial charge in [0.2, 0.25) is 0 Å². The van der Waals surface area contributed by atoms with Crippen LogP contribution in [0.4, 0.5) is 10.5 Å². The van der Waals surface area contributed by atoms with Crippen molar-refractivity contribution >= 4 is 17.7 Å². The third-order valence-electron chi connectivity index (χ3n) is 8.95. The minimum Gasteiger partial charge on any atom is -0.450 e. The lowest BCUT2D eigenvalue weighted by Crippen LogP contribution is -2.55. The molecule has 5 aliphatic rings. The molecule has 6 heteroatoms. The molecule has 4 fully saturated rings. The van der Waals surface area contributed by atoms with Crippen LogP contribution in [0.3, 0.4) is 0 Å². The molecule has 3 unspecified atom stereocenters. The number of carbonyl (C=O) groups excluding carboxylic acids is 2. The first kappa shape index (κ1) is 21.7. The third kappa shape index (κ3) is 3.60. The van der Waals surface area contributed by atoms with E-state index in [1.54, 1.807) is 6.92 Å². The zero-order valence-electron chi connectivity index (χ0n) is 19.7. The van der Waals surface area contributed by atoms with Crippen molar-refractivity contribution in [3.63, 3.8) is 0 Å². The molecule has 3 aliphatic carbocycles. The Morgan fingerprint density at radius 2 is 1.91 bits per heavy atom. The van der Waals surface area contributed by atoms with Crippen molar-refractivity contribution in [1.82, 2.24) is 10.2 Å². The van der Waals surface area contributed by atoms with E-state index in [1.807, 2.05) is 29.2 Å². The molecular weight excluding hydrogens is 402 g/mol. The summed E-state index contributed by atoms with van der Waals surface area (Å²) in [6.45, 7) is 10.3. The fraction of sp³-hybridized carbons (Fsp3) is 0.692. The van der Waals surface area contributed by atoms with Gasteiger partial charge in [0.25, 0.3) is 5.91 Å². The van der Waals surface area contributed by atoms with Crippen LogP contribution in [0.2, 0.25) is 0 Å². The van der Waals surface area contributed by atoms with Crippen molar-refractivity contribution in [1.29, 1.82) is 0 Å². The summed E-state index contributed by atoms with van der Waals surface area (Å²) in [5.74, 6) is 2.64. The smallest absolute Gasteiger partial charge is 0.408 e. The standard InChI is InChI=1S/C26H37N3O3/c1-4-32-25(31)27-23-20-7-5-6-8-22(20)29(24(23)30)19-11-13-28(14-12-19)16-17-9-10-18-15-21(17)26(18,2)3/h5-8,17-19,21,23H,4,9-16H2,1-3H3,(H,27,31)/t17-,18?,21?,23?/m0/s1. The summed E-state index contributed by atoms with van der Waals surface area (Å²) in [7, 11) is 0. The Labute approximate surface area is 191 Å².